The number of carbonyl (C=O) groups is 1. The first-order chi connectivity index (χ1) is 10.2. The first kappa shape index (κ1) is 18.5. The van der Waals surface area contributed by atoms with Crippen molar-refractivity contribution in [3.8, 4) is 5.75 Å². The number of hydrazone groups is 1. The molecule has 1 aliphatic rings. The highest BCUT2D eigenvalue weighted by Crippen LogP contribution is 2.24. The molecule has 0 saturated carbocycles. The van der Waals surface area contributed by atoms with Gasteiger partial charge in [-0.05, 0) is 24.2 Å². The predicted octanol–water partition coefficient (Wildman–Crippen LogP) is -2.07. The molecule has 22 heavy (non-hydrogen) atoms. The molecule has 0 saturated heterocycles. The van der Waals surface area contributed by atoms with Crippen LogP contribution in [0, 0.1) is 0 Å². The van der Waals surface area contributed by atoms with Crippen molar-refractivity contribution in [2.75, 3.05) is 18.6 Å². The number of nitrogens with one attached hydrogen (secondary N) is 1. The highest BCUT2D eigenvalue weighted by Gasteiger charge is 2.15. The molecule has 0 radical (unpaired) electrons. The molecule has 0 aliphatic carbocycles. The van der Waals surface area contributed by atoms with E-state index in [0.29, 0.717) is 6.61 Å². The Hall–Kier alpha value is -1.50. The molecule has 1 aromatic rings. The molecule has 0 unspecified atom stereocenters. The van der Waals surface area contributed by atoms with Crippen LogP contribution >= 0.6 is 11.8 Å². The first-order valence-electron chi connectivity index (χ1n) is 6.78. The summed E-state index contributed by atoms with van der Waals surface area (Å²) in [6, 6.07) is 7.54. The summed E-state index contributed by atoms with van der Waals surface area (Å²) in [4.78, 5) is 11.7. The number of fused-ring (bicyclic) bond motifs is 1. The van der Waals surface area contributed by atoms with E-state index in [4.69, 9.17) is 4.74 Å². The van der Waals surface area contributed by atoms with Gasteiger partial charge in [0.15, 0.2) is 6.04 Å². The SMILES string of the molecule is CSCC[C@@H]([NH3+])C(=O)NN=CC1=Cc2ccccc2OC1.[Cl-]. The number of hydrogen-bond acceptors (Lipinski definition) is 4. The lowest BCUT2D eigenvalue weighted by Gasteiger charge is -2.15. The maximum atomic E-state index is 11.7. The van der Waals surface area contributed by atoms with Gasteiger partial charge in [0.1, 0.15) is 12.4 Å². The number of quaternary nitrogens is 1. The maximum absolute atomic E-state index is 11.7. The van der Waals surface area contributed by atoms with Crippen LogP contribution in [0.3, 0.4) is 0 Å². The van der Waals surface area contributed by atoms with Gasteiger partial charge in [0, 0.05) is 17.6 Å². The third kappa shape index (κ3) is 5.36. The number of amides is 1. The Morgan fingerprint density at radius 1 is 1.55 bits per heavy atom. The van der Waals surface area contributed by atoms with Gasteiger partial charge in [-0.3, -0.25) is 4.79 Å². The lowest BCUT2D eigenvalue weighted by atomic mass is 10.1. The van der Waals surface area contributed by atoms with Crippen molar-refractivity contribution in [1.82, 2.24) is 5.43 Å². The third-order valence-electron chi connectivity index (χ3n) is 3.10. The Morgan fingerprint density at radius 3 is 3.09 bits per heavy atom. The van der Waals surface area contributed by atoms with Gasteiger partial charge in [0.05, 0.1) is 6.21 Å². The van der Waals surface area contributed by atoms with E-state index in [9.17, 15) is 4.79 Å². The number of thioether (sulfide) groups is 1. The van der Waals surface area contributed by atoms with Crippen LogP contribution in [0.2, 0.25) is 0 Å². The van der Waals surface area contributed by atoms with E-state index in [2.05, 4.69) is 16.3 Å². The second-order valence-electron chi connectivity index (χ2n) is 4.76. The summed E-state index contributed by atoms with van der Waals surface area (Å²) in [6.07, 6.45) is 6.39. The molecule has 1 aromatic carbocycles. The third-order valence-corrected chi connectivity index (χ3v) is 3.74. The Bertz CT molecular complexity index is 563. The van der Waals surface area contributed by atoms with Crippen LogP contribution in [-0.2, 0) is 4.79 Å². The molecule has 5 nitrogen and oxygen atoms in total. The number of nitrogens with zero attached hydrogens (tertiary/aromatic N) is 1. The fraction of sp³-hybridized carbons (Fsp3) is 0.333. The minimum absolute atomic E-state index is 0. The zero-order chi connectivity index (χ0) is 15.1. The fourth-order valence-electron chi connectivity index (χ4n) is 1.87. The summed E-state index contributed by atoms with van der Waals surface area (Å²) in [5, 5.41) is 3.98. The van der Waals surface area contributed by atoms with Crippen LogP contribution in [0.5, 0.6) is 5.75 Å². The van der Waals surface area contributed by atoms with Crippen LogP contribution in [0.4, 0.5) is 0 Å². The summed E-state index contributed by atoms with van der Waals surface area (Å²) in [5.74, 6) is 1.63. The van der Waals surface area contributed by atoms with Gasteiger partial charge in [0.25, 0.3) is 5.91 Å². The average molecular weight is 342 g/mol. The smallest absolute Gasteiger partial charge is 0.298 e. The van der Waals surface area contributed by atoms with Crippen LogP contribution < -0.4 is 28.3 Å². The molecule has 1 heterocycles. The molecule has 0 fully saturated rings. The summed E-state index contributed by atoms with van der Waals surface area (Å²) in [5.41, 5.74) is 8.29. The van der Waals surface area contributed by atoms with Crippen LogP contribution in [0.25, 0.3) is 6.08 Å². The highest BCUT2D eigenvalue weighted by molar-refractivity contribution is 7.98. The average Bonchev–Trinajstić information content (AvgIpc) is 2.52. The Labute approximate surface area is 140 Å². The van der Waals surface area contributed by atoms with Gasteiger partial charge in [-0.1, -0.05) is 18.2 Å². The van der Waals surface area contributed by atoms with Crippen molar-refractivity contribution in [2.45, 2.75) is 12.5 Å². The second kappa shape index (κ2) is 9.50. The minimum atomic E-state index is -0.271. The molecule has 1 aliphatic heterocycles. The van der Waals surface area contributed by atoms with Crippen LogP contribution in [0.1, 0.15) is 12.0 Å². The number of carbonyl (C=O) groups excluding carboxylic acids is 1. The minimum Gasteiger partial charge on any atom is -1.00 e. The largest absolute Gasteiger partial charge is 1.00 e. The molecule has 0 aromatic heterocycles. The van der Waals surface area contributed by atoms with Crippen LogP contribution in [-0.4, -0.2) is 36.8 Å². The van der Waals surface area contributed by atoms with Gasteiger partial charge < -0.3 is 22.9 Å². The van der Waals surface area contributed by atoms with E-state index >= 15 is 0 Å². The van der Waals surface area contributed by atoms with E-state index < -0.39 is 0 Å². The molecule has 1 amide bonds. The lowest BCUT2D eigenvalue weighted by molar-refractivity contribution is -0.403. The normalized spacial score (nSPS) is 14.4. The number of halogens is 1. The fourth-order valence-corrected chi connectivity index (χ4v) is 2.39. The highest BCUT2D eigenvalue weighted by atomic mass is 35.5. The number of ether oxygens (including phenoxy) is 1. The molecule has 0 bridgehead atoms. The van der Waals surface area contributed by atoms with Crippen molar-refractivity contribution < 1.29 is 27.7 Å². The van der Waals surface area contributed by atoms with Crippen molar-refractivity contribution in [3.63, 3.8) is 0 Å². The molecule has 2 rings (SSSR count). The molecule has 0 spiro atoms. The zero-order valence-corrected chi connectivity index (χ0v) is 14.0. The van der Waals surface area contributed by atoms with Crippen molar-refractivity contribution in [3.05, 3.63) is 35.4 Å². The zero-order valence-electron chi connectivity index (χ0n) is 12.4. The molecule has 7 heteroatoms. The molecular weight excluding hydrogens is 322 g/mol. The molecule has 4 N–H and O–H groups in total. The van der Waals surface area contributed by atoms with Gasteiger partial charge >= 0.3 is 0 Å². The Kier molecular flexibility index (Phi) is 8.01. The van der Waals surface area contributed by atoms with Crippen molar-refractivity contribution in [2.24, 2.45) is 5.10 Å². The van der Waals surface area contributed by atoms with Crippen LogP contribution in [0.15, 0.2) is 34.9 Å². The monoisotopic (exact) mass is 341 g/mol. The van der Waals surface area contributed by atoms with E-state index in [1.165, 1.54) is 0 Å². The van der Waals surface area contributed by atoms with Crippen molar-refractivity contribution >= 4 is 30.0 Å². The predicted molar refractivity (Wildman–Crippen MR) is 86.2 cm³/mol. The number of hydrogen-bond donors (Lipinski definition) is 2. The van der Waals surface area contributed by atoms with E-state index in [0.717, 1.165) is 29.1 Å². The Balaban J connectivity index is 0.00000242. The summed E-state index contributed by atoms with van der Waals surface area (Å²) >= 11 is 1.70. The number of benzene rings is 1. The standard InChI is InChI=1S/C15H19N3O2S.ClH/c1-21-7-6-13(16)15(19)18-17-9-11-8-12-4-2-3-5-14(12)20-10-11;/h2-5,8-9,13H,6-7,10,16H2,1H3,(H,18,19);1H/t13-;/m1./s1. The maximum Gasteiger partial charge on any atom is 0.298 e. The number of rotatable bonds is 6. The van der Waals surface area contributed by atoms with E-state index in [1.807, 2.05) is 36.6 Å². The second-order valence-corrected chi connectivity index (χ2v) is 5.74. The summed E-state index contributed by atoms with van der Waals surface area (Å²) in [7, 11) is 0. The lowest BCUT2D eigenvalue weighted by Crippen LogP contribution is -3.00. The van der Waals surface area contributed by atoms with Gasteiger partial charge in [-0.15, -0.1) is 0 Å². The van der Waals surface area contributed by atoms with Crippen molar-refractivity contribution in [1.29, 1.82) is 0 Å². The topological polar surface area (TPSA) is 78.3 Å². The molecular formula is C15H20ClN3O2S. The summed E-state index contributed by atoms with van der Waals surface area (Å²) < 4.78 is 5.61. The van der Waals surface area contributed by atoms with Gasteiger partial charge in [0.2, 0.25) is 0 Å². The summed E-state index contributed by atoms with van der Waals surface area (Å²) in [6.45, 7) is 0.455. The van der Waals surface area contributed by atoms with Gasteiger partial charge in [-0.2, -0.15) is 16.9 Å². The molecule has 120 valence electrons. The molecule has 1 atom stereocenters. The quantitative estimate of drug-likeness (QED) is 0.461. The first-order valence-corrected chi connectivity index (χ1v) is 8.17. The van der Waals surface area contributed by atoms with E-state index in [-0.39, 0.29) is 24.4 Å². The number of para-hydroxylation sites is 1. The Morgan fingerprint density at radius 2 is 2.32 bits per heavy atom. The van der Waals surface area contributed by atoms with E-state index in [1.54, 1.807) is 18.0 Å². The van der Waals surface area contributed by atoms with Gasteiger partial charge in [-0.25, -0.2) is 5.43 Å².